The van der Waals surface area contributed by atoms with Crippen molar-refractivity contribution in [1.82, 2.24) is 0 Å². The number of carboxylic acids is 1. The lowest BCUT2D eigenvalue weighted by Crippen LogP contribution is -2.09. The first-order valence-corrected chi connectivity index (χ1v) is 6.65. The predicted molar refractivity (Wildman–Crippen MR) is 78.9 cm³/mol. The van der Waals surface area contributed by atoms with Crippen molar-refractivity contribution in [2.75, 3.05) is 0 Å². The highest BCUT2D eigenvalue weighted by molar-refractivity contribution is 5.85. The molecule has 6 heteroatoms. The summed E-state index contributed by atoms with van der Waals surface area (Å²) in [5, 5.41) is 8.54. The molecule has 0 fully saturated rings. The molecule has 0 saturated carbocycles. The molecule has 2 aromatic carbocycles. The van der Waals surface area contributed by atoms with Crippen molar-refractivity contribution in [2.45, 2.75) is 12.8 Å². The van der Waals surface area contributed by atoms with E-state index in [4.69, 9.17) is 9.84 Å². The van der Waals surface area contributed by atoms with Crippen molar-refractivity contribution in [3.05, 3.63) is 71.3 Å². The van der Waals surface area contributed by atoms with Crippen LogP contribution in [0.5, 0.6) is 5.75 Å². The monoisotopic (exact) mass is 322 g/mol. The molecule has 0 saturated heterocycles. The first-order valence-electron chi connectivity index (χ1n) is 6.65. The maximum atomic E-state index is 13.1. The molecule has 120 valence electrons. The Morgan fingerprint density at radius 2 is 1.83 bits per heavy atom. The molecule has 2 rings (SSSR count). The lowest BCUT2D eigenvalue weighted by atomic mass is 10.1. The summed E-state index contributed by atoms with van der Waals surface area (Å²) in [4.78, 5) is 10.4. The number of hydrogen-bond acceptors (Lipinski definition) is 2. The summed E-state index contributed by atoms with van der Waals surface area (Å²) in [5.41, 5.74) is -0.0665. The smallest absolute Gasteiger partial charge is 0.419 e. The van der Waals surface area contributed by atoms with Crippen molar-refractivity contribution >= 4 is 12.0 Å². The van der Waals surface area contributed by atoms with E-state index < -0.39 is 17.7 Å². The summed E-state index contributed by atoms with van der Waals surface area (Å²) in [7, 11) is 0. The summed E-state index contributed by atoms with van der Waals surface area (Å²) >= 11 is 0. The van der Waals surface area contributed by atoms with Gasteiger partial charge in [0.2, 0.25) is 0 Å². The zero-order valence-corrected chi connectivity index (χ0v) is 11.9. The molecule has 23 heavy (non-hydrogen) atoms. The minimum absolute atomic E-state index is 0.00817. The minimum Gasteiger partial charge on any atom is -0.488 e. The second kappa shape index (κ2) is 7.00. The van der Waals surface area contributed by atoms with E-state index in [0.29, 0.717) is 0 Å². The van der Waals surface area contributed by atoms with E-state index in [-0.39, 0.29) is 17.9 Å². The molecule has 1 N–H and O–H groups in total. The van der Waals surface area contributed by atoms with Crippen LogP contribution in [0.1, 0.15) is 16.7 Å². The number of carbonyl (C=O) groups is 1. The van der Waals surface area contributed by atoms with Gasteiger partial charge < -0.3 is 9.84 Å². The molecular weight excluding hydrogens is 309 g/mol. The van der Waals surface area contributed by atoms with E-state index >= 15 is 0 Å². The number of alkyl halides is 3. The highest BCUT2D eigenvalue weighted by Crippen LogP contribution is 2.37. The Balaban J connectivity index is 2.26. The van der Waals surface area contributed by atoms with Crippen LogP contribution < -0.4 is 4.74 Å². The zero-order valence-electron chi connectivity index (χ0n) is 11.9. The van der Waals surface area contributed by atoms with E-state index in [1.54, 1.807) is 30.3 Å². The normalized spacial score (nSPS) is 11.6. The quantitative estimate of drug-likeness (QED) is 0.831. The SMILES string of the molecule is O=C(O)C=Cc1ccc(OCc2ccccc2)c(C(F)(F)F)c1. The highest BCUT2D eigenvalue weighted by Gasteiger charge is 2.34. The molecule has 2 aromatic rings. The molecule has 0 aliphatic heterocycles. The fourth-order valence-corrected chi connectivity index (χ4v) is 1.90. The number of benzene rings is 2. The van der Waals surface area contributed by atoms with Gasteiger partial charge in [-0.1, -0.05) is 36.4 Å². The number of rotatable bonds is 5. The van der Waals surface area contributed by atoms with Gasteiger partial charge in [0.15, 0.2) is 0 Å². The molecule has 0 spiro atoms. The molecule has 0 bridgehead atoms. The van der Waals surface area contributed by atoms with Crippen LogP contribution in [0.3, 0.4) is 0 Å². The van der Waals surface area contributed by atoms with Crippen molar-refractivity contribution < 1.29 is 27.8 Å². The molecule has 0 radical (unpaired) electrons. The maximum Gasteiger partial charge on any atom is 0.419 e. The van der Waals surface area contributed by atoms with Crippen LogP contribution in [0, 0.1) is 0 Å². The second-order valence-corrected chi connectivity index (χ2v) is 4.70. The summed E-state index contributed by atoms with van der Waals surface area (Å²) in [6, 6.07) is 12.2. The van der Waals surface area contributed by atoms with Crippen LogP contribution in [0.25, 0.3) is 6.08 Å². The Morgan fingerprint density at radius 3 is 2.43 bits per heavy atom. The predicted octanol–water partition coefficient (Wildman–Crippen LogP) is 4.38. The lowest BCUT2D eigenvalue weighted by molar-refractivity contribution is -0.139. The highest BCUT2D eigenvalue weighted by atomic mass is 19.4. The van der Waals surface area contributed by atoms with Gasteiger partial charge in [0.25, 0.3) is 0 Å². The molecule has 0 aromatic heterocycles. The molecule has 0 amide bonds. The van der Waals surface area contributed by atoms with Gasteiger partial charge in [-0.2, -0.15) is 13.2 Å². The van der Waals surface area contributed by atoms with Crippen LogP contribution in [0.2, 0.25) is 0 Å². The first kappa shape index (κ1) is 16.6. The molecule has 0 aliphatic rings. The Kier molecular flexibility index (Phi) is 5.05. The molecule has 3 nitrogen and oxygen atoms in total. The minimum atomic E-state index is -4.60. The third-order valence-corrected chi connectivity index (χ3v) is 2.96. The Labute approximate surface area is 130 Å². The maximum absolute atomic E-state index is 13.1. The third kappa shape index (κ3) is 4.88. The van der Waals surface area contributed by atoms with Gasteiger partial charge in [-0.3, -0.25) is 0 Å². The van der Waals surface area contributed by atoms with E-state index in [0.717, 1.165) is 23.8 Å². The number of hydrogen-bond donors (Lipinski definition) is 1. The van der Waals surface area contributed by atoms with Crippen molar-refractivity contribution in [2.24, 2.45) is 0 Å². The Bertz CT molecular complexity index is 707. The van der Waals surface area contributed by atoms with Crippen LogP contribution >= 0.6 is 0 Å². The zero-order chi connectivity index (χ0) is 16.9. The van der Waals surface area contributed by atoms with Gasteiger partial charge in [-0.25, -0.2) is 4.79 Å². The average molecular weight is 322 g/mol. The van der Waals surface area contributed by atoms with Crippen LogP contribution in [-0.4, -0.2) is 11.1 Å². The molecule has 0 heterocycles. The molecule has 0 unspecified atom stereocenters. The topological polar surface area (TPSA) is 46.5 Å². The third-order valence-electron chi connectivity index (χ3n) is 2.96. The number of aliphatic carboxylic acids is 1. The summed E-state index contributed by atoms with van der Waals surface area (Å²) in [6.07, 6.45) is -2.72. The fraction of sp³-hybridized carbons (Fsp3) is 0.118. The molecular formula is C17H13F3O3. The lowest BCUT2D eigenvalue weighted by Gasteiger charge is -2.14. The average Bonchev–Trinajstić information content (AvgIpc) is 2.51. The Hall–Kier alpha value is -2.76. The molecule has 0 atom stereocenters. The van der Waals surface area contributed by atoms with Gasteiger partial charge in [0, 0.05) is 6.08 Å². The van der Waals surface area contributed by atoms with Gasteiger partial charge in [-0.05, 0) is 29.3 Å². The van der Waals surface area contributed by atoms with Crippen LogP contribution in [0.15, 0.2) is 54.6 Å². The van der Waals surface area contributed by atoms with Gasteiger partial charge in [-0.15, -0.1) is 0 Å². The summed E-state index contributed by atoms with van der Waals surface area (Å²) < 4.78 is 44.7. The van der Waals surface area contributed by atoms with E-state index in [1.807, 2.05) is 0 Å². The largest absolute Gasteiger partial charge is 0.488 e. The van der Waals surface area contributed by atoms with Crippen molar-refractivity contribution in [1.29, 1.82) is 0 Å². The van der Waals surface area contributed by atoms with E-state index in [1.165, 1.54) is 12.1 Å². The van der Waals surface area contributed by atoms with Gasteiger partial charge in [0.05, 0.1) is 5.56 Å². The number of halogens is 3. The first-order chi connectivity index (χ1) is 10.9. The summed E-state index contributed by atoms with van der Waals surface area (Å²) in [5.74, 6) is -1.53. The number of carboxylic acid groups (broad SMARTS) is 1. The van der Waals surface area contributed by atoms with Crippen LogP contribution in [0.4, 0.5) is 13.2 Å². The second-order valence-electron chi connectivity index (χ2n) is 4.70. The number of ether oxygens (including phenoxy) is 1. The standard InChI is InChI=1S/C17H13F3O3/c18-17(19,20)14-10-12(7-9-16(21)22)6-8-15(14)23-11-13-4-2-1-3-5-13/h1-10H,11H2,(H,21,22). The summed E-state index contributed by atoms with van der Waals surface area (Å²) in [6.45, 7) is 0.00817. The van der Waals surface area contributed by atoms with Crippen molar-refractivity contribution in [3.8, 4) is 5.75 Å². The fourth-order valence-electron chi connectivity index (χ4n) is 1.90. The van der Waals surface area contributed by atoms with Gasteiger partial charge >= 0.3 is 12.1 Å². The molecule has 0 aliphatic carbocycles. The van der Waals surface area contributed by atoms with E-state index in [9.17, 15) is 18.0 Å². The van der Waals surface area contributed by atoms with Crippen molar-refractivity contribution in [3.63, 3.8) is 0 Å². The van der Waals surface area contributed by atoms with E-state index in [2.05, 4.69) is 0 Å². The van der Waals surface area contributed by atoms with Gasteiger partial charge in [0.1, 0.15) is 12.4 Å². The van der Waals surface area contributed by atoms with Crippen LogP contribution in [-0.2, 0) is 17.6 Å². The Morgan fingerprint density at radius 1 is 1.13 bits per heavy atom.